The van der Waals surface area contributed by atoms with Crippen LogP contribution in [-0.4, -0.2) is 22.4 Å². The summed E-state index contributed by atoms with van der Waals surface area (Å²) in [7, 11) is 0. The van der Waals surface area contributed by atoms with Gasteiger partial charge in [0.2, 0.25) is 5.95 Å². The third kappa shape index (κ3) is 4.53. The second kappa shape index (κ2) is 8.76. The van der Waals surface area contributed by atoms with E-state index in [1.807, 2.05) is 63.2 Å². The smallest absolute Gasteiger partial charge is 0.229 e. The molecule has 1 unspecified atom stereocenters. The number of fused-ring (bicyclic) bond motifs is 1. The Hall–Kier alpha value is -3.41. The molecule has 160 valence electrons. The number of aryl methyl sites for hydroxylation is 2. The molecule has 0 saturated carbocycles. The van der Waals surface area contributed by atoms with Crippen molar-refractivity contribution in [3.63, 3.8) is 0 Å². The van der Waals surface area contributed by atoms with Gasteiger partial charge in [0.25, 0.3) is 0 Å². The summed E-state index contributed by atoms with van der Waals surface area (Å²) in [5, 5.41) is 6.71. The van der Waals surface area contributed by atoms with E-state index in [1.54, 1.807) is 0 Å². The fourth-order valence-electron chi connectivity index (χ4n) is 3.98. The van der Waals surface area contributed by atoms with Crippen molar-refractivity contribution in [1.82, 2.24) is 9.97 Å². The second-order valence-corrected chi connectivity index (χ2v) is 8.13. The Balaban J connectivity index is 1.72. The molecule has 3 aromatic rings. The standard InChI is InChI=1S/C25H28N4O2/c1-5-31-19-11-9-18(10-12-19)26-25-27-20-13-15(2)14-21(30)22(20)24(29-25)28-23-16(3)7-6-8-17(23)4/h6-12,15H,5,13-14H2,1-4H3,(H2,26,27,28,29). The van der Waals surface area contributed by atoms with Crippen LogP contribution in [-0.2, 0) is 6.42 Å². The molecule has 0 saturated heterocycles. The van der Waals surface area contributed by atoms with Crippen LogP contribution in [0.2, 0.25) is 0 Å². The van der Waals surface area contributed by atoms with Crippen LogP contribution in [0.3, 0.4) is 0 Å². The van der Waals surface area contributed by atoms with E-state index in [9.17, 15) is 4.79 Å². The fraction of sp³-hybridized carbons (Fsp3) is 0.320. The Kier molecular flexibility index (Phi) is 5.89. The van der Waals surface area contributed by atoms with Crippen LogP contribution in [0.15, 0.2) is 42.5 Å². The molecule has 0 radical (unpaired) electrons. The Bertz CT molecular complexity index is 1090. The quantitative estimate of drug-likeness (QED) is 0.533. The minimum absolute atomic E-state index is 0.0927. The van der Waals surface area contributed by atoms with E-state index < -0.39 is 0 Å². The number of ketones is 1. The highest BCUT2D eigenvalue weighted by atomic mass is 16.5. The largest absolute Gasteiger partial charge is 0.494 e. The minimum atomic E-state index is 0.0927. The predicted molar refractivity (Wildman–Crippen MR) is 124 cm³/mol. The van der Waals surface area contributed by atoms with E-state index in [0.29, 0.717) is 30.4 Å². The summed E-state index contributed by atoms with van der Waals surface area (Å²) in [6, 6.07) is 13.8. The molecule has 1 aliphatic rings. The molecule has 0 fully saturated rings. The van der Waals surface area contributed by atoms with Gasteiger partial charge in [-0.25, -0.2) is 4.98 Å². The second-order valence-electron chi connectivity index (χ2n) is 8.13. The number of ether oxygens (including phenoxy) is 1. The average Bonchev–Trinajstić information content (AvgIpc) is 2.72. The highest BCUT2D eigenvalue weighted by Crippen LogP contribution is 2.33. The van der Waals surface area contributed by atoms with Crippen molar-refractivity contribution >= 4 is 28.9 Å². The number of hydrogen-bond donors (Lipinski definition) is 2. The van der Waals surface area contributed by atoms with Gasteiger partial charge in [-0.2, -0.15) is 4.98 Å². The van der Waals surface area contributed by atoms with Crippen molar-refractivity contribution in [2.24, 2.45) is 5.92 Å². The lowest BCUT2D eigenvalue weighted by Gasteiger charge is -2.23. The normalized spacial score (nSPS) is 15.4. The maximum atomic E-state index is 12.9. The SMILES string of the molecule is CCOc1ccc(Nc2nc3c(c(Nc4c(C)cccc4C)n2)C(=O)CC(C)C3)cc1. The van der Waals surface area contributed by atoms with E-state index in [2.05, 4.69) is 17.6 Å². The number of benzene rings is 2. The number of aromatic nitrogens is 2. The molecule has 1 aromatic heterocycles. The highest BCUT2D eigenvalue weighted by Gasteiger charge is 2.28. The van der Waals surface area contributed by atoms with Crippen molar-refractivity contribution < 1.29 is 9.53 Å². The van der Waals surface area contributed by atoms with Gasteiger partial charge in [0.15, 0.2) is 5.78 Å². The van der Waals surface area contributed by atoms with Gasteiger partial charge in [-0.3, -0.25) is 4.79 Å². The van der Waals surface area contributed by atoms with Gasteiger partial charge in [-0.1, -0.05) is 25.1 Å². The molecule has 0 amide bonds. The lowest BCUT2D eigenvalue weighted by molar-refractivity contribution is 0.0952. The Morgan fingerprint density at radius 1 is 1.00 bits per heavy atom. The number of rotatable bonds is 6. The summed E-state index contributed by atoms with van der Waals surface area (Å²) < 4.78 is 5.51. The molecule has 6 heteroatoms. The molecule has 31 heavy (non-hydrogen) atoms. The van der Waals surface area contributed by atoms with E-state index in [4.69, 9.17) is 14.7 Å². The first kappa shape index (κ1) is 20.8. The van der Waals surface area contributed by atoms with Gasteiger partial charge < -0.3 is 15.4 Å². The third-order valence-corrected chi connectivity index (χ3v) is 5.48. The number of hydrogen-bond acceptors (Lipinski definition) is 6. The van der Waals surface area contributed by atoms with Gasteiger partial charge in [0.1, 0.15) is 11.6 Å². The number of Topliss-reactive ketones (excluding diaryl/α,β-unsaturated/α-hetero) is 1. The number of anilines is 4. The average molecular weight is 417 g/mol. The predicted octanol–water partition coefficient (Wildman–Crippen LogP) is 5.74. The lowest BCUT2D eigenvalue weighted by atomic mass is 9.87. The lowest BCUT2D eigenvalue weighted by Crippen LogP contribution is -2.22. The molecule has 6 nitrogen and oxygen atoms in total. The molecular formula is C25H28N4O2. The first-order valence-corrected chi connectivity index (χ1v) is 10.7. The van der Waals surface area contributed by atoms with Crippen LogP contribution in [0.5, 0.6) is 5.75 Å². The Morgan fingerprint density at radius 2 is 1.71 bits per heavy atom. The number of carbonyl (C=O) groups is 1. The maximum absolute atomic E-state index is 12.9. The summed E-state index contributed by atoms with van der Waals surface area (Å²) in [6.45, 7) is 8.76. The molecule has 2 aromatic carbocycles. The fourth-order valence-corrected chi connectivity index (χ4v) is 3.98. The van der Waals surface area contributed by atoms with Gasteiger partial charge in [0.05, 0.1) is 17.9 Å². The highest BCUT2D eigenvalue weighted by molar-refractivity contribution is 6.03. The van der Waals surface area contributed by atoms with Gasteiger partial charge >= 0.3 is 0 Å². The maximum Gasteiger partial charge on any atom is 0.229 e. The number of carbonyl (C=O) groups excluding carboxylic acids is 1. The zero-order chi connectivity index (χ0) is 22.0. The van der Waals surface area contributed by atoms with Crippen molar-refractivity contribution in [3.8, 4) is 5.75 Å². The zero-order valence-electron chi connectivity index (χ0n) is 18.5. The van der Waals surface area contributed by atoms with Crippen molar-refractivity contribution in [1.29, 1.82) is 0 Å². The number of nitrogens with one attached hydrogen (secondary N) is 2. The summed E-state index contributed by atoms with van der Waals surface area (Å²) in [5.74, 6) is 2.21. The Morgan fingerprint density at radius 3 is 2.39 bits per heavy atom. The third-order valence-electron chi connectivity index (χ3n) is 5.48. The molecule has 0 aliphatic heterocycles. The molecule has 4 rings (SSSR count). The van der Waals surface area contributed by atoms with Crippen LogP contribution < -0.4 is 15.4 Å². The molecule has 0 spiro atoms. The van der Waals surface area contributed by atoms with Crippen LogP contribution >= 0.6 is 0 Å². The van der Waals surface area contributed by atoms with Crippen LogP contribution in [0.4, 0.5) is 23.1 Å². The van der Waals surface area contributed by atoms with Crippen LogP contribution in [0, 0.1) is 19.8 Å². The van der Waals surface area contributed by atoms with E-state index >= 15 is 0 Å². The molecule has 0 bridgehead atoms. The molecule has 1 atom stereocenters. The van der Waals surface area contributed by atoms with Crippen molar-refractivity contribution in [3.05, 3.63) is 64.8 Å². The Labute approximate surface area is 183 Å². The van der Waals surface area contributed by atoms with Crippen LogP contribution in [0.25, 0.3) is 0 Å². The van der Waals surface area contributed by atoms with Gasteiger partial charge in [-0.15, -0.1) is 0 Å². The van der Waals surface area contributed by atoms with Crippen molar-refractivity contribution in [2.45, 2.75) is 40.5 Å². The monoisotopic (exact) mass is 416 g/mol. The van der Waals surface area contributed by atoms with E-state index in [1.165, 1.54) is 0 Å². The molecule has 1 heterocycles. The molecule has 1 aliphatic carbocycles. The van der Waals surface area contributed by atoms with Gasteiger partial charge in [0, 0.05) is 17.8 Å². The van der Waals surface area contributed by atoms with Crippen LogP contribution in [0.1, 0.15) is 47.4 Å². The number of nitrogens with zero attached hydrogens (tertiary/aromatic N) is 2. The first-order valence-electron chi connectivity index (χ1n) is 10.7. The molecule has 2 N–H and O–H groups in total. The summed E-state index contributed by atoms with van der Waals surface area (Å²) >= 11 is 0. The summed E-state index contributed by atoms with van der Waals surface area (Å²) in [6.07, 6.45) is 1.27. The van der Waals surface area contributed by atoms with Crippen molar-refractivity contribution in [2.75, 3.05) is 17.2 Å². The summed E-state index contributed by atoms with van der Waals surface area (Å²) in [5.41, 5.74) is 5.44. The molecular weight excluding hydrogens is 388 g/mol. The minimum Gasteiger partial charge on any atom is -0.494 e. The first-order chi connectivity index (χ1) is 14.9. The summed E-state index contributed by atoms with van der Waals surface area (Å²) in [4.78, 5) is 22.3. The van der Waals surface area contributed by atoms with E-state index in [-0.39, 0.29) is 11.7 Å². The van der Waals surface area contributed by atoms with Gasteiger partial charge in [-0.05, 0) is 68.5 Å². The number of para-hydroxylation sites is 1. The van der Waals surface area contributed by atoms with E-state index in [0.717, 1.165) is 40.4 Å². The topological polar surface area (TPSA) is 76.1 Å². The zero-order valence-corrected chi connectivity index (χ0v) is 18.5.